The summed E-state index contributed by atoms with van der Waals surface area (Å²) in [6.07, 6.45) is 1.40. The van der Waals surface area contributed by atoms with E-state index in [9.17, 15) is 19.3 Å². The number of carbonyl (C=O) groups is 1. The number of rotatable bonds is 3. The molecule has 1 N–H and O–H groups in total. The highest BCUT2D eigenvalue weighted by atomic mass is 35.5. The molecular formula is C12H7ClFN3O3. The second-order valence-electron chi connectivity index (χ2n) is 3.74. The minimum Gasteiger partial charge on any atom is -0.322 e. The molecule has 0 bridgehead atoms. The van der Waals surface area contributed by atoms with Gasteiger partial charge >= 0.3 is 5.69 Å². The van der Waals surface area contributed by atoms with Crippen molar-refractivity contribution in [2.75, 3.05) is 5.32 Å². The lowest BCUT2D eigenvalue weighted by Crippen LogP contribution is -2.12. The number of amides is 1. The molecule has 2 aromatic rings. The molecule has 1 aromatic heterocycles. The van der Waals surface area contributed by atoms with Gasteiger partial charge in [0, 0.05) is 23.5 Å². The average molecular weight is 296 g/mol. The van der Waals surface area contributed by atoms with Crippen LogP contribution < -0.4 is 5.32 Å². The van der Waals surface area contributed by atoms with Crippen molar-refractivity contribution in [1.82, 2.24) is 4.98 Å². The molecule has 1 amide bonds. The number of anilines is 1. The number of nitrogens with one attached hydrogen (secondary N) is 1. The Morgan fingerprint density at radius 3 is 2.70 bits per heavy atom. The van der Waals surface area contributed by atoms with Crippen molar-refractivity contribution in [2.24, 2.45) is 0 Å². The van der Waals surface area contributed by atoms with Crippen LogP contribution in [-0.4, -0.2) is 15.8 Å². The van der Waals surface area contributed by atoms with Gasteiger partial charge in [0.2, 0.25) is 5.82 Å². The van der Waals surface area contributed by atoms with Crippen molar-refractivity contribution in [3.05, 3.63) is 63.2 Å². The Kier molecular flexibility index (Phi) is 3.90. The molecule has 1 heterocycles. The first-order chi connectivity index (χ1) is 9.47. The van der Waals surface area contributed by atoms with E-state index in [1.165, 1.54) is 24.4 Å². The number of benzene rings is 1. The van der Waals surface area contributed by atoms with Crippen molar-refractivity contribution in [3.63, 3.8) is 0 Å². The summed E-state index contributed by atoms with van der Waals surface area (Å²) in [6, 6.07) is 5.83. The zero-order valence-electron chi connectivity index (χ0n) is 9.84. The van der Waals surface area contributed by atoms with Crippen LogP contribution in [0.5, 0.6) is 0 Å². The number of nitro groups is 1. The Morgan fingerprint density at radius 1 is 1.35 bits per heavy atom. The Hall–Kier alpha value is -2.54. The molecule has 0 aliphatic heterocycles. The van der Waals surface area contributed by atoms with Gasteiger partial charge in [-0.3, -0.25) is 14.9 Å². The number of nitro benzene ring substituents is 1. The van der Waals surface area contributed by atoms with Gasteiger partial charge in [-0.15, -0.1) is 0 Å². The van der Waals surface area contributed by atoms with Crippen LogP contribution in [0.1, 0.15) is 10.4 Å². The van der Waals surface area contributed by atoms with Gasteiger partial charge in [0.05, 0.1) is 4.92 Å². The number of hydrogen-bond acceptors (Lipinski definition) is 4. The Balaban J connectivity index is 2.22. The molecule has 0 spiro atoms. The summed E-state index contributed by atoms with van der Waals surface area (Å²) < 4.78 is 13.4. The Morgan fingerprint density at radius 2 is 2.10 bits per heavy atom. The number of carbonyl (C=O) groups excluding carboxylic acids is 1. The molecule has 0 saturated carbocycles. The number of hydrogen-bond donors (Lipinski definition) is 1. The van der Waals surface area contributed by atoms with Gasteiger partial charge in [-0.05, 0) is 24.3 Å². The molecule has 6 nitrogen and oxygen atoms in total. The highest BCUT2D eigenvalue weighted by Gasteiger charge is 2.16. The topological polar surface area (TPSA) is 85.1 Å². The van der Waals surface area contributed by atoms with E-state index in [2.05, 4.69) is 10.3 Å². The SMILES string of the molecule is O=C(Nc1ccnc(Cl)c1)c1ccc([N+](=O)[O-])c(F)c1. The van der Waals surface area contributed by atoms with Gasteiger partial charge in [-0.25, -0.2) is 4.98 Å². The molecular weight excluding hydrogens is 289 g/mol. The van der Waals surface area contributed by atoms with E-state index >= 15 is 0 Å². The van der Waals surface area contributed by atoms with Crippen molar-refractivity contribution in [2.45, 2.75) is 0 Å². The smallest absolute Gasteiger partial charge is 0.304 e. The third kappa shape index (κ3) is 3.07. The van der Waals surface area contributed by atoms with E-state index in [4.69, 9.17) is 11.6 Å². The predicted molar refractivity (Wildman–Crippen MR) is 70.3 cm³/mol. The van der Waals surface area contributed by atoms with Crippen LogP contribution in [0.2, 0.25) is 5.15 Å². The van der Waals surface area contributed by atoms with Crippen LogP contribution in [0.4, 0.5) is 15.8 Å². The van der Waals surface area contributed by atoms with Crippen molar-refractivity contribution >= 4 is 28.9 Å². The molecule has 0 aliphatic rings. The first-order valence-corrected chi connectivity index (χ1v) is 5.72. The lowest BCUT2D eigenvalue weighted by Gasteiger charge is -2.05. The lowest BCUT2D eigenvalue weighted by atomic mass is 10.2. The molecule has 8 heteroatoms. The van der Waals surface area contributed by atoms with Crippen molar-refractivity contribution < 1.29 is 14.1 Å². The van der Waals surface area contributed by atoms with Crippen LogP contribution in [-0.2, 0) is 0 Å². The van der Waals surface area contributed by atoms with Gasteiger partial charge in [0.25, 0.3) is 5.91 Å². The van der Waals surface area contributed by atoms with E-state index in [1.54, 1.807) is 0 Å². The van der Waals surface area contributed by atoms with Gasteiger partial charge in [-0.1, -0.05) is 11.6 Å². The first-order valence-electron chi connectivity index (χ1n) is 5.34. The first kappa shape index (κ1) is 13.9. The summed E-state index contributed by atoms with van der Waals surface area (Å²) in [4.78, 5) is 25.2. The molecule has 20 heavy (non-hydrogen) atoms. The Labute approximate surface area is 117 Å². The van der Waals surface area contributed by atoms with Crippen LogP contribution >= 0.6 is 11.6 Å². The number of aromatic nitrogens is 1. The van der Waals surface area contributed by atoms with Gasteiger partial charge < -0.3 is 5.32 Å². The molecule has 102 valence electrons. The van der Waals surface area contributed by atoms with E-state index in [-0.39, 0.29) is 10.7 Å². The highest BCUT2D eigenvalue weighted by molar-refractivity contribution is 6.29. The largest absolute Gasteiger partial charge is 0.322 e. The predicted octanol–water partition coefficient (Wildman–Crippen LogP) is 3.03. The molecule has 0 atom stereocenters. The fourth-order valence-electron chi connectivity index (χ4n) is 1.48. The highest BCUT2D eigenvalue weighted by Crippen LogP contribution is 2.19. The summed E-state index contributed by atoms with van der Waals surface area (Å²) in [6.45, 7) is 0. The van der Waals surface area contributed by atoms with Gasteiger partial charge in [0.1, 0.15) is 5.15 Å². The molecule has 0 fully saturated rings. The molecule has 1 aromatic carbocycles. The fourth-order valence-corrected chi connectivity index (χ4v) is 1.65. The minimum atomic E-state index is -1.07. The minimum absolute atomic E-state index is 0.0407. The number of pyridine rings is 1. The van der Waals surface area contributed by atoms with Crippen molar-refractivity contribution in [3.8, 4) is 0 Å². The zero-order chi connectivity index (χ0) is 14.7. The molecule has 0 saturated heterocycles. The third-order valence-electron chi connectivity index (χ3n) is 2.39. The van der Waals surface area contributed by atoms with E-state index in [0.717, 1.165) is 12.1 Å². The standard InChI is InChI=1S/C12H7ClFN3O3/c13-11-6-8(3-4-15-11)16-12(18)7-1-2-10(17(19)20)9(14)5-7/h1-6H,(H,15,16,18). The molecule has 0 unspecified atom stereocenters. The van der Waals surface area contributed by atoms with Crippen LogP contribution in [0, 0.1) is 15.9 Å². The van der Waals surface area contributed by atoms with E-state index in [1.807, 2.05) is 0 Å². The lowest BCUT2D eigenvalue weighted by molar-refractivity contribution is -0.387. The van der Waals surface area contributed by atoms with E-state index in [0.29, 0.717) is 5.69 Å². The average Bonchev–Trinajstić information content (AvgIpc) is 2.38. The summed E-state index contributed by atoms with van der Waals surface area (Å²) in [7, 11) is 0. The Bertz CT molecular complexity index is 693. The fraction of sp³-hybridized carbons (Fsp3) is 0. The van der Waals surface area contributed by atoms with Crippen LogP contribution in [0.25, 0.3) is 0 Å². The summed E-state index contributed by atoms with van der Waals surface area (Å²) in [5.74, 6) is -1.68. The third-order valence-corrected chi connectivity index (χ3v) is 2.60. The molecule has 0 radical (unpaired) electrons. The summed E-state index contributed by atoms with van der Waals surface area (Å²) >= 11 is 5.66. The van der Waals surface area contributed by atoms with Gasteiger partial charge in [0.15, 0.2) is 0 Å². The maximum atomic E-state index is 13.4. The number of halogens is 2. The molecule has 0 aliphatic carbocycles. The van der Waals surface area contributed by atoms with Gasteiger partial charge in [-0.2, -0.15) is 4.39 Å². The maximum absolute atomic E-state index is 13.4. The zero-order valence-corrected chi connectivity index (χ0v) is 10.6. The second-order valence-corrected chi connectivity index (χ2v) is 4.13. The maximum Gasteiger partial charge on any atom is 0.304 e. The van der Waals surface area contributed by atoms with Crippen LogP contribution in [0.3, 0.4) is 0 Å². The number of nitrogens with zero attached hydrogens (tertiary/aromatic N) is 2. The van der Waals surface area contributed by atoms with E-state index < -0.39 is 22.3 Å². The summed E-state index contributed by atoms with van der Waals surface area (Å²) in [5.41, 5.74) is -0.344. The monoisotopic (exact) mass is 295 g/mol. The quantitative estimate of drug-likeness (QED) is 0.536. The normalized spacial score (nSPS) is 10.1. The van der Waals surface area contributed by atoms with Crippen LogP contribution in [0.15, 0.2) is 36.5 Å². The second kappa shape index (κ2) is 5.62. The molecule has 2 rings (SSSR count). The van der Waals surface area contributed by atoms with Crippen molar-refractivity contribution in [1.29, 1.82) is 0 Å². The summed E-state index contributed by atoms with van der Waals surface area (Å²) in [5, 5.41) is 13.1.